The van der Waals surface area contributed by atoms with Crippen molar-refractivity contribution < 1.29 is 14.0 Å². The second-order valence-electron chi connectivity index (χ2n) is 3.73. The highest BCUT2D eigenvalue weighted by molar-refractivity contribution is 7.93. The third-order valence-electron chi connectivity index (χ3n) is 2.53. The van der Waals surface area contributed by atoms with Gasteiger partial charge < -0.3 is 14.5 Å². The summed E-state index contributed by atoms with van der Waals surface area (Å²) in [5.41, 5.74) is 1.44. The van der Waals surface area contributed by atoms with Gasteiger partial charge in [-0.3, -0.25) is 0 Å². The lowest BCUT2D eigenvalue weighted by atomic mass is 10.2. The molecule has 0 unspecified atom stereocenters. The first-order chi connectivity index (χ1) is 8.74. The summed E-state index contributed by atoms with van der Waals surface area (Å²) in [6, 6.07) is 7.54. The lowest BCUT2D eigenvalue weighted by Crippen LogP contribution is -2.36. The number of para-hydroxylation sites is 1. The summed E-state index contributed by atoms with van der Waals surface area (Å²) >= 11 is 1.12. The molecule has 0 radical (unpaired) electrons. The first-order valence-corrected chi connectivity index (χ1v) is 6.48. The van der Waals surface area contributed by atoms with Crippen molar-refractivity contribution in [3.8, 4) is 0 Å². The van der Waals surface area contributed by atoms with E-state index < -0.39 is 0 Å². The van der Waals surface area contributed by atoms with Crippen molar-refractivity contribution in [3.63, 3.8) is 0 Å². The maximum Gasteiger partial charge on any atom is 0.314 e. The third-order valence-corrected chi connectivity index (χ3v) is 3.24. The van der Waals surface area contributed by atoms with E-state index in [2.05, 4.69) is 4.98 Å². The zero-order valence-electron chi connectivity index (χ0n) is 10.00. The average Bonchev–Trinajstić information content (AvgIpc) is 2.40. The van der Waals surface area contributed by atoms with Gasteiger partial charge in [-0.15, -0.1) is 0 Å². The molecule has 2 rings (SSSR count). The quantitative estimate of drug-likeness (QED) is 0.383. The van der Waals surface area contributed by atoms with E-state index in [-0.39, 0.29) is 13.2 Å². The Morgan fingerprint density at radius 1 is 1.44 bits per heavy atom. The number of benzene rings is 1. The monoisotopic (exact) mass is 266 g/mol. The minimum atomic E-state index is -0.0332. The summed E-state index contributed by atoms with van der Waals surface area (Å²) in [5, 5.41) is 21.4. The van der Waals surface area contributed by atoms with E-state index in [9.17, 15) is 5.21 Å². The van der Waals surface area contributed by atoms with Gasteiger partial charge in [0.05, 0.1) is 18.6 Å². The molecule has 0 atom stereocenters. The fourth-order valence-electron chi connectivity index (χ4n) is 1.65. The molecule has 0 aliphatic heterocycles. The van der Waals surface area contributed by atoms with E-state index in [1.165, 1.54) is 0 Å². The molecule has 0 aliphatic carbocycles. The Morgan fingerprint density at radius 3 is 3.00 bits per heavy atom. The standard InChI is InChI=1S/C12H14N2O3S/c1-9-10-4-2-3-5-11(10)13-12(14(9)16)8-18-17-7-6-15/h2-5,15H,6-8H2,1H3. The number of aromatic nitrogens is 2. The molecule has 1 heterocycles. The number of hydrogen-bond acceptors (Lipinski definition) is 5. The van der Waals surface area contributed by atoms with Gasteiger partial charge in [-0.2, -0.15) is 0 Å². The molecule has 1 aromatic heterocycles. The highest BCUT2D eigenvalue weighted by Crippen LogP contribution is 2.16. The van der Waals surface area contributed by atoms with E-state index in [0.29, 0.717) is 17.3 Å². The summed E-state index contributed by atoms with van der Waals surface area (Å²) in [6.45, 7) is 1.99. The van der Waals surface area contributed by atoms with Crippen molar-refractivity contribution in [2.24, 2.45) is 0 Å². The van der Waals surface area contributed by atoms with Crippen molar-refractivity contribution in [1.82, 2.24) is 4.98 Å². The van der Waals surface area contributed by atoms with Crippen molar-refractivity contribution in [3.05, 3.63) is 41.0 Å². The number of rotatable bonds is 5. The van der Waals surface area contributed by atoms with Crippen molar-refractivity contribution >= 4 is 22.9 Å². The molecule has 1 aromatic carbocycles. The number of aliphatic hydroxyl groups excluding tert-OH is 1. The Hall–Kier alpha value is -1.37. The van der Waals surface area contributed by atoms with Gasteiger partial charge in [0.1, 0.15) is 11.4 Å². The largest absolute Gasteiger partial charge is 0.711 e. The normalized spacial score (nSPS) is 11.0. The van der Waals surface area contributed by atoms with Crippen LogP contribution in [0.1, 0.15) is 11.5 Å². The summed E-state index contributed by atoms with van der Waals surface area (Å²) in [7, 11) is 0. The predicted molar refractivity (Wildman–Crippen MR) is 69.8 cm³/mol. The lowest BCUT2D eigenvalue weighted by Gasteiger charge is -2.10. The van der Waals surface area contributed by atoms with Gasteiger partial charge in [0.15, 0.2) is 5.52 Å². The zero-order chi connectivity index (χ0) is 13.0. The Morgan fingerprint density at radius 2 is 2.22 bits per heavy atom. The number of aliphatic hydroxyl groups is 1. The zero-order valence-corrected chi connectivity index (χ0v) is 10.8. The van der Waals surface area contributed by atoms with Gasteiger partial charge in [0, 0.05) is 12.0 Å². The van der Waals surface area contributed by atoms with E-state index in [4.69, 9.17) is 9.29 Å². The van der Waals surface area contributed by atoms with Crippen LogP contribution in [-0.2, 0) is 9.94 Å². The first-order valence-electron chi connectivity index (χ1n) is 5.57. The summed E-state index contributed by atoms with van der Waals surface area (Å²) in [6.07, 6.45) is 0. The average molecular weight is 266 g/mol. The highest BCUT2D eigenvalue weighted by atomic mass is 32.2. The van der Waals surface area contributed by atoms with Crippen LogP contribution in [0.25, 0.3) is 10.9 Å². The number of hydrogen-bond donors (Lipinski definition) is 1. The molecular weight excluding hydrogens is 252 g/mol. The third kappa shape index (κ3) is 2.72. The van der Waals surface area contributed by atoms with Crippen LogP contribution in [0.2, 0.25) is 0 Å². The maximum absolute atomic E-state index is 12.0. The van der Waals surface area contributed by atoms with Crippen LogP contribution in [0.4, 0.5) is 0 Å². The molecular formula is C12H14N2O3S. The van der Waals surface area contributed by atoms with Gasteiger partial charge >= 0.3 is 5.82 Å². The molecule has 18 heavy (non-hydrogen) atoms. The predicted octanol–water partition coefficient (Wildman–Crippen LogP) is 1.33. The number of fused-ring (bicyclic) bond motifs is 1. The molecule has 0 fully saturated rings. The SMILES string of the molecule is Cc1c2ccccc2nc(CSOCCO)[n+]1[O-]. The van der Waals surface area contributed by atoms with Crippen molar-refractivity contribution in [1.29, 1.82) is 0 Å². The molecule has 0 saturated heterocycles. The van der Waals surface area contributed by atoms with E-state index in [1.54, 1.807) is 6.92 Å². The van der Waals surface area contributed by atoms with Gasteiger partial charge in [-0.25, -0.2) is 4.73 Å². The Bertz CT molecular complexity index is 548. The molecule has 5 nitrogen and oxygen atoms in total. The van der Waals surface area contributed by atoms with Crippen LogP contribution in [0.5, 0.6) is 0 Å². The van der Waals surface area contributed by atoms with E-state index >= 15 is 0 Å². The fraction of sp³-hybridized carbons (Fsp3) is 0.333. The molecule has 96 valence electrons. The van der Waals surface area contributed by atoms with Crippen LogP contribution >= 0.6 is 12.0 Å². The molecule has 6 heteroatoms. The van der Waals surface area contributed by atoms with Gasteiger partial charge in [0.2, 0.25) is 0 Å². The summed E-state index contributed by atoms with van der Waals surface area (Å²) in [5.74, 6) is 0.768. The number of nitrogens with zero attached hydrogens (tertiary/aromatic N) is 2. The van der Waals surface area contributed by atoms with Crippen molar-refractivity contribution in [2.75, 3.05) is 13.2 Å². The number of aryl methyl sites for hydroxylation is 1. The second kappa shape index (κ2) is 5.99. The first kappa shape index (κ1) is 13.1. The van der Waals surface area contributed by atoms with Crippen LogP contribution < -0.4 is 4.73 Å². The molecule has 2 aromatic rings. The molecule has 0 saturated carbocycles. The topological polar surface area (TPSA) is 69.3 Å². The van der Waals surface area contributed by atoms with E-state index in [0.717, 1.165) is 27.7 Å². The lowest BCUT2D eigenvalue weighted by molar-refractivity contribution is -0.621. The summed E-state index contributed by atoms with van der Waals surface area (Å²) < 4.78 is 5.90. The summed E-state index contributed by atoms with van der Waals surface area (Å²) in [4.78, 5) is 4.32. The van der Waals surface area contributed by atoms with E-state index in [1.807, 2.05) is 24.3 Å². The van der Waals surface area contributed by atoms with Crippen LogP contribution in [0, 0.1) is 12.1 Å². The Kier molecular flexibility index (Phi) is 4.35. The van der Waals surface area contributed by atoms with Gasteiger partial charge in [-0.05, 0) is 24.0 Å². The maximum atomic E-state index is 12.0. The van der Waals surface area contributed by atoms with Crippen LogP contribution in [0.3, 0.4) is 0 Å². The fourth-order valence-corrected chi connectivity index (χ4v) is 2.21. The second-order valence-corrected chi connectivity index (χ2v) is 4.49. The smallest absolute Gasteiger partial charge is 0.314 e. The molecule has 1 N–H and O–H groups in total. The minimum Gasteiger partial charge on any atom is -0.711 e. The van der Waals surface area contributed by atoms with Gasteiger partial charge in [-0.1, -0.05) is 12.1 Å². The minimum absolute atomic E-state index is 0.0332. The Labute approximate surface area is 109 Å². The van der Waals surface area contributed by atoms with Crippen molar-refractivity contribution in [2.45, 2.75) is 12.7 Å². The Balaban J connectivity index is 2.25. The van der Waals surface area contributed by atoms with Gasteiger partial charge in [0.25, 0.3) is 0 Å². The molecule has 0 amide bonds. The molecule has 0 bridgehead atoms. The highest BCUT2D eigenvalue weighted by Gasteiger charge is 2.15. The molecule has 0 spiro atoms. The molecule has 0 aliphatic rings. The van der Waals surface area contributed by atoms with Crippen LogP contribution in [0.15, 0.2) is 24.3 Å². The van der Waals surface area contributed by atoms with Crippen LogP contribution in [-0.4, -0.2) is 23.3 Å².